The standard InChI is InChI=1S/C22H34O2.C22H32O2.C20H30O2.C18H30O2/c2*1-2-3-4-5-6-7-8-9-10-11-12-13-14-15-16-17-18-19-20-21-22(23)24;1-2-3-4-5-6-7-8-9-10-11-12-13-14-15-16-17-18-19-20(21)22;1-2-3-4-5-6-7-8-9-10-11-12-13-14-15-16-17-18(19)20/h3-4,6-7,9-10,12-13,15-16H,2,5,8,11,14,17-21H2,1H3,(H,23,24);3-4,6-7,9-10,12-13,15-16,18-19H,2,5,8,11,14,17,20-21H2,1H3,(H,23,24);3-4,6-7,9-10,12-13,15-16H,2,5,8,11,14,17-19H2,1H3,(H,21,22);3-4,6-7,9-10H,2,5,8,11-17H2,1H3,(H,19,20)/b4-3-,7-6-,10-9-,13-12-,16-15-;4-3-,7-6-,10-9-,13-12-,16-15-,19-18-;4-3-,7-6-,10-9-,13-12-,16-15-;4-3-,7-6-,10-9-. The van der Waals surface area contributed by atoms with Crippen LogP contribution in [-0.2, 0) is 19.2 Å². The van der Waals surface area contributed by atoms with Crippen LogP contribution in [-0.4, -0.2) is 44.3 Å². The highest BCUT2D eigenvalue weighted by molar-refractivity contribution is 5.67. The molecule has 0 aromatic rings. The molecule has 90 heavy (non-hydrogen) atoms. The average molecular weight is 1240 g/mol. The van der Waals surface area contributed by atoms with Crippen molar-refractivity contribution in [2.75, 3.05) is 0 Å². The molecule has 0 fully saturated rings. The van der Waals surface area contributed by atoms with Crippen LogP contribution >= 0.6 is 0 Å². The molecule has 0 heterocycles. The smallest absolute Gasteiger partial charge is 0.303 e. The number of carboxylic acids is 4. The van der Waals surface area contributed by atoms with Gasteiger partial charge in [0.15, 0.2) is 0 Å². The maximum Gasteiger partial charge on any atom is 0.303 e. The number of rotatable bonds is 55. The van der Waals surface area contributed by atoms with Gasteiger partial charge in [0.1, 0.15) is 0 Å². The molecule has 0 aliphatic carbocycles. The fraction of sp³-hybridized carbons (Fsp3) is 0.488. The molecule has 0 bridgehead atoms. The number of carbonyl (C=O) groups is 4. The molecule has 502 valence electrons. The van der Waals surface area contributed by atoms with E-state index in [4.69, 9.17) is 20.4 Å². The van der Waals surface area contributed by atoms with Crippen LogP contribution in [0.4, 0.5) is 0 Å². The lowest BCUT2D eigenvalue weighted by molar-refractivity contribution is -0.138. The number of allylic oxidation sites excluding steroid dienone is 38. The Morgan fingerprint density at radius 2 is 0.333 bits per heavy atom. The minimum absolute atomic E-state index is 0.210. The van der Waals surface area contributed by atoms with E-state index >= 15 is 0 Å². The Morgan fingerprint density at radius 3 is 0.556 bits per heavy atom. The Hall–Kier alpha value is -7.06. The molecule has 0 amide bonds. The summed E-state index contributed by atoms with van der Waals surface area (Å²) in [4.78, 5) is 41.3. The summed E-state index contributed by atoms with van der Waals surface area (Å²) in [5.74, 6) is -2.82. The number of hydrogen-bond acceptors (Lipinski definition) is 4. The van der Waals surface area contributed by atoms with Crippen LogP contribution in [0.15, 0.2) is 231 Å². The molecule has 0 saturated heterocycles. The van der Waals surface area contributed by atoms with Gasteiger partial charge in [-0.25, -0.2) is 0 Å². The first-order valence-corrected chi connectivity index (χ1v) is 34.3. The highest BCUT2D eigenvalue weighted by Crippen LogP contribution is 2.09. The normalized spacial score (nSPS) is 12.7. The van der Waals surface area contributed by atoms with Crippen LogP contribution in [0.25, 0.3) is 0 Å². The third-order valence-corrected chi connectivity index (χ3v) is 12.5. The van der Waals surface area contributed by atoms with Crippen LogP contribution < -0.4 is 0 Å². The van der Waals surface area contributed by atoms with Crippen molar-refractivity contribution in [3.63, 3.8) is 0 Å². The van der Waals surface area contributed by atoms with Crippen LogP contribution in [0, 0.1) is 0 Å². The van der Waals surface area contributed by atoms with E-state index in [9.17, 15) is 19.2 Å². The number of aliphatic carboxylic acids is 4. The summed E-state index contributed by atoms with van der Waals surface area (Å²) in [5.41, 5.74) is 0. The summed E-state index contributed by atoms with van der Waals surface area (Å²) in [5, 5.41) is 34.0. The Balaban J connectivity index is -0.000000549. The van der Waals surface area contributed by atoms with Crippen LogP contribution in [0.5, 0.6) is 0 Å². The molecule has 0 atom stereocenters. The number of carboxylic acid groups (broad SMARTS) is 4. The van der Waals surface area contributed by atoms with Crippen molar-refractivity contribution in [2.45, 2.75) is 259 Å². The molecular formula is C82H126O8. The van der Waals surface area contributed by atoms with Crippen molar-refractivity contribution < 1.29 is 39.6 Å². The monoisotopic (exact) mass is 1240 g/mol. The average Bonchev–Trinajstić information content (AvgIpc) is 3.52. The summed E-state index contributed by atoms with van der Waals surface area (Å²) in [6.45, 7) is 8.59. The zero-order valence-electron chi connectivity index (χ0n) is 56.8. The van der Waals surface area contributed by atoms with Crippen molar-refractivity contribution in [3.05, 3.63) is 231 Å². The second-order valence-electron chi connectivity index (χ2n) is 21.0. The Bertz CT molecular complexity index is 2200. The van der Waals surface area contributed by atoms with Gasteiger partial charge in [0, 0.05) is 25.7 Å². The van der Waals surface area contributed by atoms with Crippen LogP contribution in [0.1, 0.15) is 259 Å². The lowest BCUT2D eigenvalue weighted by Gasteiger charge is -1.98. The van der Waals surface area contributed by atoms with Gasteiger partial charge in [0.25, 0.3) is 0 Å². The second-order valence-corrected chi connectivity index (χ2v) is 21.0. The topological polar surface area (TPSA) is 149 Å². The molecule has 8 nitrogen and oxygen atoms in total. The minimum Gasteiger partial charge on any atom is -0.481 e. The van der Waals surface area contributed by atoms with Gasteiger partial charge in [-0.15, -0.1) is 0 Å². The van der Waals surface area contributed by atoms with E-state index in [2.05, 4.69) is 246 Å². The number of unbranched alkanes of at least 4 members (excludes halogenated alkanes) is 9. The zero-order valence-corrected chi connectivity index (χ0v) is 56.8. The summed E-state index contributed by atoms with van der Waals surface area (Å²) < 4.78 is 0. The molecule has 8 heteroatoms. The first kappa shape index (κ1) is 89.4. The fourth-order valence-corrected chi connectivity index (χ4v) is 7.57. The van der Waals surface area contributed by atoms with Gasteiger partial charge in [-0.2, -0.15) is 0 Å². The maximum atomic E-state index is 10.3. The summed E-state index contributed by atoms with van der Waals surface area (Å²) >= 11 is 0. The van der Waals surface area contributed by atoms with E-state index in [1.165, 1.54) is 12.8 Å². The van der Waals surface area contributed by atoms with Gasteiger partial charge in [-0.3, -0.25) is 19.2 Å². The predicted octanol–water partition coefficient (Wildman–Crippen LogP) is 25.0. The minimum atomic E-state index is -0.741. The summed E-state index contributed by atoms with van der Waals surface area (Å²) in [7, 11) is 0. The van der Waals surface area contributed by atoms with E-state index < -0.39 is 23.9 Å². The van der Waals surface area contributed by atoms with E-state index in [-0.39, 0.29) is 12.8 Å². The molecule has 0 aromatic heterocycles. The quantitative estimate of drug-likeness (QED) is 0.0347. The Kier molecular flexibility index (Phi) is 85.5. The molecule has 0 aromatic carbocycles. The lowest BCUT2D eigenvalue weighted by atomic mass is 10.1. The van der Waals surface area contributed by atoms with Crippen molar-refractivity contribution in [3.8, 4) is 0 Å². The third-order valence-electron chi connectivity index (χ3n) is 12.5. The van der Waals surface area contributed by atoms with Crippen molar-refractivity contribution in [2.24, 2.45) is 0 Å². The molecule has 0 aliphatic heterocycles. The van der Waals surface area contributed by atoms with E-state index in [1.807, 2.05) is 12.2 Å². The molecule has 0 aliphatic rings. The van der Waals surface area contributed by atoms with Crippen LogP contribution in [0.2, 0.25) is 0 Å². The van der Waals surface area contributed by atoms with Crippen molar-refractivity contribution in [1.82, 2.24) is 0 Å². The highest BCUT2D eigenvalue weighted by atomic mass is 16.4. The molecule has 0 spiro atoms. The largest absolute Gasteiger partial charge is 0.481 e. The maximum absolute atomic E-state index is 10.3. The zero-order chi connectivity index (χ0) is 66.6. The Morgan fingerprint density at radius 1 is 0.178 bits per heavy atom. The van der Waals surface area contributed by atoms with Gasteiger partial charge in [-0.05, 0) is 180 Å². The van der Waals surface area contributed by atoms with Crippen molar-refractivity contribution in [1.29, 1.82) is 0 Å². The van der Waals surface area contributed by atoms with E-state index in [0.717, 1.165) is 186 Å². The predicted molar refractivity (Wildman–Crippen MR) is 393 cm³/mol. The third kappa shape index (κ3) is 103. The van der Waals surface area contributed by atoms with Gasteiger partial charge in [0.05, 0.1) is 0 Å². The fourth-order valence-electron chi connectivity index (χ4n) is 7.57. The second kappa shape index (κ2) is 86.1. The Labute approximate surface area is 550 Å². The first-order valence-electron chi connectivity index (χ1n) is 34.3. The molecule has 0 rings (SSSR count). The number of hydrogen-bond donors (Lipinski definition) is 4. The van der Waals surface area contributed by atoms with Gasteiger partial charge < -0.3 is 20.4 Å². The van der Waals surface area contributed by atoms with E-state index in [1.54, 1.807) is 0 Å². The summed E-state index contributed by atoms with van der Waals surface area (Å²) in [6.07, 6.45) is 116. The van der Waals surface area contributed by atoms with Gasteiger partial charge in [-0.1, -0.05) is 284 Å². The molecule has 4 N–H and O–H groups in total. The van der Waals surface area contributed by atoms with Crippen LogP contribution in [0.3, 0.4) is 0 Å². The first-order chi connectivity index (χ1) is 44.1. The van der Waals surface area contributed by atoms with Gasteiger partial charge in [0.2, 0.25) is 0 Å². The molecule has 0 radical (unpaired) electrons. The lowest BCUT2D eigenvalue weighted by Crippen LogP contribution is -1.93. The van der Waals surface area contributed by atoms with Crippen molar-refractivity contribution >= 4 is 23.9 Å². The van der Waals surface area contributed by atoms with E-state index in [0.29, 0.717) is 19.3 Å². The molecule has 0 saturated carbocycles. The highest BCUT2D eigenvalue weighted by Gasteiger charge is 1.97. The molecule has 0 unspecified atom stereocenters. The summed E-state index contributed by atoms with van der Waals surface area (Å²) in [6, 6.07) is 0. The van der Waals surface area contributed by atoms with Gasteiger partial charge >= 0.3 is 23.9 Å². The SMILES string of the molecule is CC/C=C\C/C=C\C/C=C\C/C=C\C/C=C\C/C=C\CCC(=O)O.CC/C=C\C/C=C\C/C=C\C/C=C\C/C=C\CCCC(=O)O.CC/C=C\C/C=C\C/C=C\C/C=C\C/C=C\CCCCCC(=O)O.CC/C=C\C/C=C\C/C=C\CCCCCCCC(=O)O. The molecular weight excluding hydrogens is 1110 g/mol.